The first-order valence-electron chi connectivity index (χ1n) is 3.45. The molecule has 0 nitrogen and oxygen atoms in total. The van der Waals surface area contributed by atoms with Gasteiger partial charge in [0.2, 0.25) is 0 Å². The van der Waals surface area contributed by atoms with Crippen molar-refractivity contribution < 1.29 is 0 Å². The maximum absolute atomic E-state index is 2.43. The van der Waals surface area contributed by atoms with Crippen LogP contribution in [0.3, 0.4) is 0 Å². The number of benzene rings is 1. The van der Waals surface area contributed by atoms with Gasteiger partial charge >= 0.3 is 71.0 Å². The van der Waals surface area contributed by atoms with Crippen LogP contribution in [0, 0.1) is 6.92 Å². The molecule has 0 saturated heterocycles. The molecule has 1 aromatic rings. The van der Waals surface area contributed by atoms with Crippen molar-refractivity contribution in [2.45, 2.75) is 16.2 Å². The second-order valence-corrected chi connectivity index (χ2v) is 11.5. The Balaban J connectivity index is 3.03. The summed E-state index contributed by atoms with van der Waals surface area (Å²) in [5.74, 6) is 0. The molecule has 10 heavy (non-hydrogen) atoms. The first kappa shape index (κ1) is 8.20. The molecular formula is C9H13Bi. The van der Waals surface area contributed by atoms with E-state index in [2.05, 4.69) is 40.5 Å². The van der Waals surface area contributed by atoms with E-state index in [9.17, 15) is 0 Å². The van der Waals surface area contributed by atoms with Crippen LogP contribution in [0.15, 0.2) is 24.3 Å². The molecule has 1 heteroatoms. The van der Waals surface area contributed by atoms with E-state index in [1.165, 1.54) is 5.56 Å². The van der Waals surface area contributed by atoms with E-state index in [0.717, 1.165) is 0 Å². The second kappa shape index (κ2) is 3.48. The first-order valence-corrected chi connectivity index (χ1v) is 12.1. The third-order valence-corrected chi connectivity index (χ3v) is 7.29. The van der Waals surface area contributed by atoms with Gasteiger partial charge in [-0.1, -0.05) is 0 Å². The average Bonchev–Trinajstić information content (AvgIpc) is 1.88. The Labute approximate surface area is 70.9 Å². The standard InChI is InChI=1S/C7H7.2CH3.Bi/c1-7-5-3-2-4-6-7;;;/h2-5H,1H3;2*1H3;. The third-order valence-electron chi connectivity index (χ3n) is 1.60. The fraction of sp³-hybridized carbons (Fsp3) is 0.333. The summed E-state index contributed by atoms with van der Waals surface area (Å²) in [6.45, 7) is 2.21. The molecular weight excluding hydrogens is 317 g/mol. The van der Waals surface area contributed by atoms with E-state index in [0.29, 0.717) is 0 Å². The summed E-state index contributed by atoms with van der Waals surface area (Å²) in [5, 5.41) is 0. The fourth-order valence-corrected chi connectivity index (χ4v) is 5.59. The molecule has 0 aliphatic heterocycles. The Morgan fingerprint density at radius 2 is 1.70 bits per heavy atom. The van der Waals surface area contributed by atoms with Crippen LogP contribution in [0.25, 0.3) is 0 Å². The average molecular weight is 330 g/mol. The minimum atomic E-state index is -1.14. The van der Waals surface area contributed by atoms with Gasteiger partial charge in [0.1, 0.15) is 0 Å². The van der Waals surface area contributed by atoms with Gasteiger partial charge in [0.25, 0.3) is 0 Å². The predicted octanol–water partition coefficient (Wildman–Crippen LogP) is 1.96. The van der Waals surface area contributed by atoms with Crippen LogP contribution in [0.5, 0.6) is 0 Å². The molecule has 0 atom stereocenters. The Kier molecular flexibility index (Phi) is 2.86. The van der Waals surface area contributed by atoms with Crippen molar-refractivity contribution in [2.75, 3.05) is 0 Å². The summed E-state index contributed by atoms with van der Waals surface area (Å²) >= 11 is -1.14. The molecule has 54 valence electrons. The van der Waals surface area contributed by atoms with Crippen LogP contribution in [-0.2, 0) is 0 Å². The number of rotatable bonds is 1. The molecule has 0 saturated carbocycles. The first-order chi connectivity index (χ1) is 4.72. The molecule has 1 aromatic carbocycles. The van der Waals surface area contributed by atoms with Gasteiger partial charge in [-0.25, -0.2) is 0 Å². The van der Waals surface area contributed by atoms with Crippen molar-refractivity contribution >= 4 is 25.0 Å². The fourth-order valence-electron chi connectivity index (χ4n) is 1.07. The quantitative estimate of drug-likeness (QED) is 0.691. The van der Waals surface area contributed by atoms with Crippen LogP contribution in [0.1, 0.15) is 5.56 Å². The van der Waals surface area contributed by atoms with Gasteiger partial charge in [0.15, 0.2) is 0 Å². The van der Waals surface area contributed by atoms with Gasteiger partial charge in [-0.15, -0.1) is 0 Å². The molecule has 0 aliphatic carbocycles. The number of hydrogen-bond acceptors (Lipinski definition) is 0. The van der Waals surface area contributed by atoms with Gasteiger partial charge < -0.3 is 0 Å². The summed E-state index contributed by atoms with van der Waals surface area (Å²) in [4.78, 5) is 0. The van der Waals surface area contributed by atoms with Crippen molar-refractivity contribution in [1.29, 1.82) is 0 Å². The van der Waals surface area contributed by atoms with Gasteiger partial charge in [-0.2, -0.15) is 0 Å². The topological polar surface area (TPSA) is 0 Å². The Morgan fingerprint density at radius 3 is 2.10 bits per heavy atom. The molecule has 0 radical (unpaired) electrons. The van der Waals surface area contributed by atoms with Crippen molar-refractivity contribution in [3.05, 3.63) is 29.8 Å². The normalized spacial score (nSPS) is 10.4. The molecule has 1 rings (SSSR count). The summed E-state index contributed by atoms with van der Waals surface area (Å²) in [6, 6.07) is 8.77. The minimum absolute atomic E-state index is 1.14. The van der Waals surface area contributed by atoms with E-state index >= 15 is 0 Å². The van der Waals surface area contributed by atoms with Crippen LogP contribution < -0.4 is 3.27 Å². The molecule has 0 bridgehead atoms. The molecule has 0 heterocycles. The van der Waals surface area contributed by atoms with Gasteiger partial charge in [-0.3, -0.25) is 0 Å². The molecule has 0 amide bonds. The van der Waals surface area contributed by atoms with E-state index in [-0.39, 0.29) is 0 Å². The molecule has 0 fully saturated rings. The molecule has 0 aliphatic rings. The Bertz CT molecular complexity index is 216. The van der Waals surface area contributed by atoms with Crippen LogP contribution in [0.2, 0.25) is 9.26 Å². The zero-order valence-electron chi connectivity index (χ0n) is 6.76. The van der Waals surface area contributed by atoms with Crippen LogP contribution in [-0.4, -0.2) is 21.8 Å². The zero-order chi connectivity index (χ0) is 7.56. The number of hydrogen-bond donors (Lipinski definition) is 0. The van der Waals surface area contributed by atoms with Gasteiger partial charge in [0.05, 0.1) is 0 Å². The van der Waals surface area contributed by atoms with Crippen LogP contribution in [0.4, 0.5) is 0 Å². The molecule has 0 spiro atoms. The van der Waals surface area contributed by atoms with E-state index < -0.39 is 21.8 Å². The van der Waals surface area contributed by atoms with Crippen molar-refractivity contribution in [1.82, 2.24) is 0 Å². The van der Waals surface area contributed by atoms with Crippen LogP contribution >= 0.6 is 0 Å². The Hall–Kier alpha value is 0.103. The Morgan fingerprint density at radius 1 is 1.10 bits per heavy atom. The van der Waals surface area contributed by atoms with E-state index in [1.54, 1.807) is 3.27 Å². The third kappa shape index (κ3) is 1.79. The molecule has 0 unspecified atom stereocenters. The summed E-state index contributed by atoms with van der Waals surface area (Å²) in [6.07, 6.45) is 0. The van der Waals surface area contributed by atoms with Crippen molar-refractivity contribution in [3.8, 4) is 0 Å². The second-order valence-electron chi connectivity index (χ2n) is 2.68. The van der Waals surface area contributed by atoms with Crippen molar-refractivity contribution in [3.63, 3.8) is 0 Å². The molecule has 0 aromatic heterocycles. The zero-order valence-corrected chi connectivity index (χ0v) is 10.2. The number of aryl methyl sites for hydroxylation is 1. The maximum atomic E-state index is 2.43. The monoisotopic (exact) mass is 330 g/mol. The van der Waals surface area contributed by atoms with E-state index in [1.807, 2.05) is 0 Å². The summed E-state index contributed by atoms with van der Waals surface area (Å²) in [7, 11) is 0. The SMILES string of the molecule is Cc1cccc[c]1[Bi]([CH3])[CH3]. The molecule has 0 N–H and O–H groups in total. The van der Waals surface area contributed by atoms with E-state index in [4.69, 9.17) is 0 Å². The predicted molar refractivity (Wildman–Crippen MR) is 48.3 cm³/mol. The summed E-state index contributed by atoms with van der Waals surface area (Å²) in [5.41, 5.74) is 1.49. The van der Waals surface area contributed by atoms with Gasteiger partial charge in [0, 0.05) is 0 Å². The van der Waals surface area contributed by atoms with Gasteiger partial charge in [-0.05, 0) is 0 Å². The summed E-state index contributed by atoms with van der Waals surface area (Å²) < 4.78 is 6.52. The van der Waals surface area contributed by atoms with Crippen molar-refractivity contribution in [2.24, 2.45) is 0 Å².